The molecule has 0 unspecified atom stereocenters. The molecule has 3 N–H and O–H groups in total. The van der Waals surface area contributed by atoms with Crippen LogP contribution in [0, 0.1) is 11.8 Å². The van der Waals surface area contributed by atoms with Crippen molar-refractivity contribution in [2.24, 2.45) is 18.9 Å². The molecule has 6 rings (SSSR count). The van der Waals surface area contributed by atoms with E-state index in [4.69, 9.17) is 0 Å². The molecule has 0 saturated heterocycles. The van der Waals surface area contributed by atoms with Gasteiger partial charge in [-0.2, -0.15) is 5.10 Å². The number of alkyl halides is 4. The summed E-state index contributed by atoms with van der Waals surface area (Å²) in [7, 11) is 1.54. The molecule has 0 aliphatic heterocycles. The number of thiophene rings is 1. The van der Waals surface area contributed by atoms with E-state index in [1.165, 1.54) is 22.1 Å². The Labute approximate surface area is 230 Å². The highest BCUT2D eigenvalue weighted by Gasteiger charge is 2.49. The fourth-order valence-corrected chi connectivity index (χ4v) is 6.51. The van der Waals surface area contributed by atoms with Crippen LogP contribution >= 0.6 is 11.3 Å². The minimum atomic E-state index is -2.82. The van der Waals surface area contributed by atoms with E-state index in [2.05, 4.69) is 31.2 Å². The zero-order valence-electron chi connectivity index (χ0n) is 21.6. The predicted octanol–water partition coefficient (Wildman–Crippen LogP) is 4.61. The normalized spacial score (nSPS) is 20.2. The van der Waals surface area contributed by atoms with Gasteiger partial charge in [0.25, 0.3) is 12.3 Å². The lowest BCUT2D eigenvalue weighted by Gasteiger charge is -2.33. The van der Waals surface area contributed by atoms with Gasteiger partial charge in [0.15, 0.2) is 0 Å². The zero-order valence-corrected chi connectivity index (χ0v) is 22.4. The van der Waals surface area contributed by atoms with Crippen LogP contribution in [-0.2, 0) is 24.7 Å². The first-order valence-corrected chi connectivity index (χ1v) is 14.0. The molecule has 1 atom stereocenters. The summed E-state index contributed by atoms with van der Waals surface area (Å²) in [6, 6.07) is 1.09. The molecule has 40 heavy (non-hydrogen) atoms. The first kappa shape index (κ1) is 26.7. The van der Waals surface area contributed by atoms with Crippen LogP contribution in [0.1, 0.15) is 71.1 Å². The SMILES string of the molecule is Cn1nc(C(F)F)cc1Nc1nncn1[C@H]1CCc2sc(NC(=O)C3CC(F)(F)C3)c(C(=O)NCC3CC3)c2C1. The predicted molar refractivity (Wildman–Crippen MR) is 138 cm³/mol. The van der Waals surface area contributed by atoms with Crippen LogP contribution < -0.4 is 16.0 Å². The highest BCUT2D eigenvalue weighted by atomic mass is 32.1. The number of hydrogen-bond donors (Lipinski definition) is 3. The second-order valence-electron chi connectivity index (χ2n) is 10.8. The molecular weight excluding hydrogens is 552 g/mol. The minimum absolute atomic E-state index is 0.161. The Bertz CT molecular complexity index is 1440. The fraction of sp³-hybridized carbons (Fsp3) is 0.560. The minimum Gasteiger partial charge on any atom is -0.352 e. The first-order chi connectivity index (χ1) is 19.1. The molecule has 214 valence electrons. The number of nitrogens with one attached hydrogen (secondary N) is 3. The Morgan fingerprint density at radius 3 is 2.67 bits per heavy atom. The highest BCUT2D eigenvalue weighted by molar-refractivity contribution is 7.17. The second kappa shape index (κ2) is 10.2. The van der Waals surface area contributed by atoms with Gasteiger partial charge in [0.05, 0.1) is 5.56 Å². The number of aromatic nitrogens is 5. The van der Waals surface area contributed by atoms with Gasteiger partial charge in [0.1, 0.15) is 22.8 Å². The number of fused-ring (bicyclic) bond motifs is 1. The molecule has 3 aromatic heterocycles. The van der Waals surface area contributed by atoms with Gasteiger partial charge < -0.3 is 16.0 Å². The van der Waals surface area contributed by atoms with Crippen LogP contribution in [0.2, 0.25) is 0 Å². The molecule has 0 aromatic carbocycles. The maximum absolute atomic E-state index is 13.4. The van der Waals surface area contributed by atoms with E-state index in [0.717, 1.165) is 23.3 Å². The Morgan fingerprint density at radius 1 is 1.23 bits per heavy atom. The third-order valence-electron chi connectivity index (χ3n) is 7.74. The van der Waals surface area contributed by atoms with Crippen molar-refractivity contribution < 1.29 is 27.2 Å². The quantitative estimate of drug-likeness (QED) is 0.318. The summed E-state index contributed by atoms with van der Waals surface area (Å²) in [5.41, 5.74) is 0.809. The Balaban J connectivity index is 1.24. The summed E-state index contributed by atoms with van der Waals surface area (Å²) in [5.74, 6) is -3.29. The van der Waals surface area contributed by atoms with Crippen molar-refractivity contribution in [3.05, 3.63) is 34.1 Å². The van der Waals surface area contributed by atoms with Crippen molar-refractivity contribution in [3.8, 4) is 0 Å². The third-order valence-corrected chi connectivity index (χ3v) is 8.94. The number of aryl methyl sites for hydroxylation is 2. The summed E-state index contributed by atoms with van der Waals surface area (Å²) >= 11 is 1.31. The molecule has 2 amide bonds. The van der Waals surface area contributed by atoms with Crippen molar-refractivity contribution >= 4 is 39.9 Å². The molecule has 10 nitrogen and oxygen atoms in total. The molecule has 15 heteroatoms. The molecule has 3 aliphatic rings. The molecule has 2 saturated carbocycles. The van der Waals surface area contributed by atoms with Crippen molar-refractivity contribution in [1.82, 2.24) is 29.9 Å². The average molecular weight is 581 g/mol. The number of amides is 2. The Hall–Kier alpha value is -3.49. The maximum atomic E-state index is 13.4. The van der Waals surface area contributed by atoms with E-state index >= 15 is 0 Å². The smallest absolute Gasteiger partial charge is 0.282 e. The maximum Gasteiger partial charge on any atom is 0.282 e. The summed E-state index contributed by atoms with van der Waals surface area (Å²) in [6.45, 7) is 0.542. The van der Waals surface area contributed by atoms with Gasteiger partial charge in [-0.3, -0.25) is 18.8 Å². The lowest BCUT2D eigenvalue weighted by molar-refractivity contribution is -0.145. The van der Waals surface area contributed by atoms with Gasteiger partial charge in [0, 0.05) is 49.3 Å². The van der Waals surface area contributed by atoms with Crippen LogP contribution in [0.15, 0.2) is 12.4 Å². The monoisotopic (exact) mass is 580 g/mol. The van der Waals surface area contributed by atoms with Crippen LogP contribution in [0.4, 0.5) is 34.3 Å². The van der Waals surface area contributed by atoms with Crippen molar-refractivity contribution in [3.63, 3.8) is 0 Å². The van der Waals surface area contributed by atoms with E-state index < -0.39 is 37.0 Å². The number of hydrogen-bond acceptors (Lipinski definition) is 7. The highest BCUT2D eigenvalue weighted by Crippen LogP contribution is 2.45. The molecule has 2 fully saturated rings. The summed E-state index contributed by atoms with van der Waals surface area (Å²) in [5, 5.41) is 21.1. The fourth-order valence-electron chi connectivity index (χ4n) is 5.27. The molecule has 0 bridgehead atoms. The number of rotatable bonds is 9. The van der Waals surface area contributed by atoms with Crippen molar-refractivity contribution in [1.29, 1.82) is 0 Å². The van der Waals surface area contributed by atoms with Crippen LogP contribution in [0.5, 0.6) is 0 Å². The number of halogens is 4. The third kappa shape index (κ3) is 5.30. The molecule has 0 radical (unpaired) electrons. The molecule has 3 aliphatic carbocycles. The number of nitrogens with zero attached hydrogens (tertiary/aromatic N) is 5. The number of carbonyl (C=O) groups excluding carboxylic acids is 2. The van der Waals surface area contributed by atoms with Crippen molar-refractivity contribution in [2.75, 3.05) is 17.2 Å². The van der Waals surface area contributed by atoms with E-state index in [1.807, 2.05) is 0 Å². The standard InChI is InChI=1S/C25H28F4N8O2S/c1-36-18(7-16(35-36)20(26)27)32-24-34-31-11-37(24)14-4-5-17-15(6-14)19(22(39)30-10-12-2-3-12)23(40-17)33-21(38)13-8-25(28,29)9-13/h7,11-14,20H,2-6,8-10H2,1H3,(H,30,39)(H,32,34)(H,33,38)/t14-/m0/s1. The van der Waals surface area contributed by atoms with Gasteiger partial charge in [-0.1, -0.05) is 0 Å². The molecule has 3 aromatic rings. The van der Waals surface area contributed by atoms with Crippen molar-refractivity contribution in [2.45, 2.75) is 63.3 Å². The second-order valence-corrected chi connectivity index (χ2v) is 11.9. The zero-order chi connectivity index (χ0) is 28.2. The average Bonchev–Trinajstić information content (AvgIpc) is 3.30. The molecule has 0 spiro atoms. The Morgan fingerprint density at radius 2 is 2.00 bits per heavy atom. The summed E-state index contributed by atoms with van der Waals surface area (Å²) in [6.07, 6.45) is 1.70. The number of carbonyl (C=O) groups is 2. The topological polar surface area (TPSA) is 119 Å². The van der Waals surface area contributed by atoms with E-state index in [-0.39, 0.29) is 17.6 Å². The van der Waals surface area contributed by atoms with Crippen LogP contribution in [0.25, 0.3) is 0 Å². The van der Waals surface area contributed by atoms with E-state index in [1.54, 1.807) is 17.9 Å². The molecular formula is C25H28F4N8O2S. The lowest BCUT2D eigenvalue weighted by atomic mass is 9.81. The van der Waals surface area contributed by atoms with Crippen LogP contribution in [0.3, 0.4) is 0 Å². The van der Waals surface area contributed by atoms with E-state index in [9.17, 15) is 27.2 Å². The lowest BCUT2D eigenvalue weighted by Crippen LogP contribution is -2.42. The number of anilines is 3. The summed E-state index contributed by atoms with van der Waals surface area (Å²) < 4.78 is 56.1. The molecule has 3 heterocycles. The van der Waals surface area contributed by atoms with Gasteiger partial charge in [-0.15, -0.1) is 21.5 Å². The van der Waals surface area contributed by atoms with Gasteiger partial charge in [-0.05, 0) is 43.6 Å². The van der Waals surface area contributed by atoms with Gasteiger partial charge in [0.2, 0.25) is 17.8 Å². The van der Waals surface area contributed by atoms with Crippen LogP contribution in [-0.4, -0.2) is 48.8 Å². The van der Waals surface area contributed by atoms with Gasteiger partial charge >= 0.3 is 0 Å². The Kier molecular flexibility index (Phi) is 6.79. The van der Waals surface area contributed by atoms with E-state index in [0.29, 0.717) is 54.1 Å². The largest absolute Gasteiger partial charge is 0.352 e. The summed E-state index contributed by atoms with van der Waals surface area (Å²) in [4.78, 5) is 27.1. The first-order valence-electron chi connectivity index (χ1n) is 13.2. The van der Waals surface area contributed by atoms with Gasteiger partial charge in [-0.25, -0.2) is 17.6 Å².